The molecule has 14 heavy (non-hydrogen) atoms. The first kappa shape index (κ1) is 11.3. The highest BCUT2D eigenvalue weighted by molar-refractivity contribution is 9.10. The molecule has 0 spiro atoms. The second kappa shape index (κ2) is 5.17. The van der Waals surface area contributed by atoms with E-state index in [2.05, 4.69) is 28.6 Å². The lowest BCUT2D eigenvalue weighted by Gasteiger charge is -1.97. The monoisotopic (exact) mass is 273 g/mol. The molecule has 0 saturated carbocycles. The van der Waals surface area contributed by atoms with E-state index in [1.807, 2.05) is 0 Å². The predicted molar refractivity (Wildman–Crippen MR) is 63.7 cm³/mol. The van der Waals surface area contributed by atoms with Crippen LogP contribution >= 0.6 is 28.6 Å². The van der Waals surface area contributed by atoms with E-state index < -0.39 is 4.92 Å². The molecule has 0 saturated heterocycles. The van der Waals surface area contributed by atoms with Crippen LogP contribution in [0, 0.1) is 10.1 Å². The summed E-state index contributed by atoms with van der Waals surface area (Å²) in [5.74, 6) is 0.563. The van der Waals surface area contributed by atoms with Gasteiger partial charge in [0, 0.05) is 16.3 Å². The summed E-state index contributed by atoms with van der Waals surface area (Å²) in [6.07, 6.45) is 3.46. The SMILES string of the molecule is O=[N+]([O-])c1cc(Br)ccc1C=CCS. The van der Waals surface area contributed by atoms with Crippen molar-refractivity contribution in [2.45, 2.75) is 0 Å². The molecule has 0 bridgehead atoms. The van der Waals surface area contributed by atoms with Crippen LogP contribution in [-0.4, -0.2) is 10.7 Å². The normalized spacial score (nSPS) is 10.7. The Hall–Kier alpha value is -0.810. The van der Waals surface area contributed by atoms with Gasteiger partial charge >= 0.3 is 0 Å². The molecule has 5 heteroatoms. The van der Waals surface area contributed by atoms with Crippen molar-refractivity contribution >= 4 is 40.3 Å². The summed E-state index contributed by atoms with van der Waals surface area (Å²) in [4.78, 5) is 10.3. The third-order valence-corrected chi connectivity index (χ3v) is 2.30. The number of hydrogen-bond donors (Lipinski definition) is 1. The molecule has 0 aliphatic carbocycles. The van der Waals surface area contributed by atoms with Gasteiger partial charge in [0.25, 0.3) is 5.69 Å². The van der Waals surface area contributed by atoms with Crippen LogP contribution in [0.2, 0.25) is 0 Å². The molecule has 1 rings (SSSR count). The molecule has 0 unspecified atom stereocenters. The number of hydrogen-bond acceptors (Lipinski definition) is 3. The average Bonchev–Trinajstić information content (AvgIpc) is 2.15. The van der Waals surface area contributed by atoms with Crippen molar-refractivity contribution in [1.82, 2.24) is 0 Å². The van der Waals surface area contributed by atoms with E-state index in [0.717, 1.165) is 0 Å². The minimum absolute atomic E-state index is 0.0948. The Morgan fingerprint density at radius 1 is 1.57 bits per heavy atom. The minimum atomic E-state index is -0.400. The molecular formula is C9H8BrNO2S. The number of nitrogens with zero attached hydrogens (tertiary/aromatic N) is 1. The number of rotatable bonds is 3. The van der Waals surface area contributed by atoms with Crippen molar-refractivity contribution in [2.75, 3.05) is 5.75 Å². The Balaban J connectivity index is 3.15. The fourth-order valence-electron chi connectivity index (χ4n) is 0.996. The lowest BCUT2D eigenvalue weighted by molar-refractivity contribution is -0.385. The van der Waals surface area contributed by atoms with Crippen LogP contribution in [0.4, 0.5) is 5.69 Å². The number of benzene rings is 1. The number of nitro groups is 1. The topological polar surface area (TPSA) is 43.1 Å². The lowest BCUT2D eigenvalue weighted by Crippen LogP contribution is -1.91. The van der Waals surface area contributed by atoms with Crippen LogP contribution in [0.3, 0.4) is 0 Å². The predicted octanol–water partition coefficient (Wildman–Crippen LogP) is 3.30. The quantitative estimate of drug-likeness (QED) is 0.522. The zero-order valence-corrected chi connectivity index (χ0v) is 9.66. The van der Waals surface area contributed by atoms with E-state index >= 15 is 0 Å². The van der Waals surface area contributed by atoms with Gasteiger partial charge in [-0.15, -0.1) is 0 Å². The van der Waals surface area contributed by atoms with Gasteiger partial charge in [-0.3, -0.25) is 10.1 Å². The molecule has 0 heterocycles. The first-order chi connectivity index (χ1) is 6.65. The standard InChI is InChI=1S/C9H8BrNO2S/c10-8-4-3-7(2-1-5-14)9(6-8)11(12)13/h1-4,6,14H,5H2. The molecule has 1 aromatic carbocycles. The zero-order valence-electron chi connectivity index (χ0n) is 7.18. The molecular weight excluding hydrogens is 266 g/mol. The molecule has 0 aromatic heterocycles. The highest BCUT2D eigenvalue weighted by Gasteiger charge is 2.10. The molecule has 1 aromatic rings. The van der Waals surface area contributed by atoms with Crippen LogP contribution in [0.1, 0.15) is 5.56 Å². The van der Waals surface area contributed by atoms with E-state index in [1.165, 1.54) is 6.07 Å². The van der Waals surface area contributed by atoms with Crippen LogP contribution in [0.15, 0.2) is 28.7 Å². The smallest absolute Gasteiger partial charge is 0.258 e. The molecule has 0 N–H and O–H groups in total. The van der Waals surface area contributed by atoms with Gasteiger partial charge < -0.3 is 0 Å². The Morgan fingerprint density at radius 2 is 2.29 bits per heavy atom. The highest BCUT2D eigenvalue weighted by Crippen LogP contribution is 2.24. The van der Waals surface area contributed by atoms with Crippen molar-refractivity contribution in [2.24, 2.45) is 0 Å². The van der Waals surface area contributed by atoms with Gasteiger partial charge in [0.2, 0.25) is 0 Å². The minimum Gasteiger partial charge on any atom is -0.258 e. The number of halogens is 1. The van der Waals surface area contributed by atoms with Crippen molar-refractivity contribution in [3.8, 4) is 0 Å². The molecule has 0 radical (unpaired) electrons. The summed E-state index contributed by atoms with van der Waals surface area (Å²) >= 11 is 7.18. The largest absolute Gasteiger partial charge is 0.277 e. The summed E-state index contributed by atoms with van der Waals surface area (Å²) < 4.78 is 0.701. The maximum absolute atomic E-state index is 10.7. The third kappa shape index (κ3) is 2.85. The van der Waals surface area contributed by atoms with Gasteiger partial charge in [-0.2, -0.15) is 12.6 Å². The second-order valence-corrected chi connectivity index (χ2v) is 3.83. The summed E-state index contributed by atoms with van der Waals surface area (Å²) in [5.41, 5.74) is 0.685. The van der Waals surface area contributed by atoms with Crippen LogP contribution in [0.5, 0.6) is 0 Å². The van der Waals surface area contributed by atoms with Gasteiger partial charge in [-0.1, -0.05) is 28.1 Å². The van der Waals surface area contributed by atoms with Crippen molar-refractivity contribution < 1.29 is 4.92 Å². The maximum Gasteiger partial charge on any atom is 0.277 e. The Bertz CT molecular complexity index is 379. The molecule has 3 nitrogen and oxygen atoms in total. The fourth-order valence-corrected chi connectivity index (χ4v) is 1.45. The van der Waals surface area contributed by atoms with Crippen LogP contribution in [-0.2, 0) is 0 Å². The molecule has 0 aliphatic rings. The van der Waals surface area contributed by atoms with Gasteiger partial charge in [0.1, 0.15) is 0 Å². The van der Waals surface area contributed by atoms with Crippen molar-refractivity contribution in [3.05, 3.63) is 44.4 Å². The Morgan fingerprint density at radius 3 is 2.86 bits per heavy atom. The molecule has 0 aliphatic heterocycles. The van der Waals surface area contributed by atoms with E-state index in [0.29, 0.717) is 15.8 Å². The van der Waals surface area contributed by atoms with E-state index in [4.69, 9.17) is 0 Å². The molecule has 74 valence electrons. The van der Waals surface area contributed by atoms with Crippen molar-refractivity contribution in [3.63, 3.8) is 0 Å². The molecule has 0 amide bonds. The second-order valence-electron chi connectivity index (χ2n) is 2.55. The van der Waals surface area contributed by atoms with Crippen molar-refractivity contribution in [1.29, 1.82) is 0 Å². The van der Waals surface area contributed by atoms with Gasteiger partial charge in [-0.25, -0.2) is 0 Å². The maximum atomic E-state index is 10.7. The first-order valence-electron chi connectivity index (χ1n) is 3.86. The third-order valence-electron chi connectivity index (χ3n) is 1.59. The fraction of sp³-hybridized carbons (Fsp3) is 0.111. The van der Waals surface area contributed by atoms with E-state index in [9.17, 15) is 10.1 Å². The Kier molecular flexibility index (Phi) is 4.16. The summed E-state index contributed by atoms with van der Waals surface area (Å²) in [5, 5.41) is 10.7. The van der Waals surface area contributed by atoms with Gasteiger partial charge in [-0.05, 0) is 12.1 Å². The first-order valence-corrected chi connectivity index (χ1v) is 5.29. The summed E-state index contributed by atoms with van der Waals surface area (Å²) in [6.45, 7) is 0. The van der Waals surface area contributed by atoms with E-state index in [-0.39, 0.29) is 5.69 Å². The van der Waals surface area contributed by atoms with Crippen LogP contribution in [0.25, 0.3) is 6.08 Å². The average molecular weight is 274 g/mol. The molecule has 0 atom stereocenters. The lowest BCUT2D eigenvalue weighted by atomic mass is 10.2. The van der Waals surface area contributed by atoms with Gasteiger partial charge in [0.05, 0.1) is 10.5 Å². The highest BCUT2D eigenvalue weighted by atomic mass is 79.9. The summed E-state index contributed by atoms with van der Waals surface area (Å²) in [6, 6.07) is 4.95. The Labute approximate surface area is 95.5 Å². The van der Waals surface area contributed by atoms with E-state index in [1.54, 1.807) is 24.3 Å². The van der Waals surface area contributed by atoms with Crippen LogP contribution < -0.4 is 0 Å². The van der Waals surface area contributed by atoms with Gasteiger partial charge in [0.15, 0.2) is 0 Å². The number of nitro benzene ring substituents is 1. The summed E-state index contributed by atoms with van der Waals surface area (Å²) in [7, 11) is 0. The molecule has 0 fully saturated rings. The zero-order chi connectivity index (χ0) is 10.6. The number of thiol groups is 1.